The van der Waals surface area contributed by atoms with Gasteiger partial charge < -0.3 is 25.6 Å². The number of hydrogen-bond donors (Lipinski definition) is 4. The SMILES string of the molecule is COC(=O)C(Cc1ccccc1)NC(=O)C(CC(=O)O)NCC(C)(C)CCO. The van der Waals surface area contributed by atoms with E-state index in [9.17, 15) is 14.4 Å². The maximum absolute atomic E-state index is 12.7. The molecule has 0 aliphatic heterocycles. The molecule has 0 aliphatic carbocycles. The van der Waals surface area contributed by atoms with Crippen molar-refractivity contribution in [2.45, 2.75) is 45.2 Å². The van der Waals surface area contributed by atoms with E-state index in [4.69, 9.17) is 14.9 Å². The number of carboxylic acids is 1. The number of rotatable bonds is 12. The normalized spacial score (nSPS) is 13.4. The van der Waals surface area contributed by atoms with E-state index in [0.717, 1.165) is 5.56 Å². The van der Waals surface area contributed by atoms with Crippen molar-refractivity contribution in [3.8, 4) is 0 Å². The summed E-state index contributed by atoms with van der Waals surface area (Å²) in [5.41, 5.74) is 0.516. The summed E-state index contributed by atoms with van der Waals surface area (Å²) in [6.07, 6.45) is 0.301. The molecule has 0 heterocycles. The predicted octanol–water partition coefficient (Wildman–Crippen LogP) is 0.728. The number of ether oxygens (including phenoxy) is 1. The van der Waals surface area contributed by atoms with Gasteiger partial charge in [0.25, 0.3) is 0 Å². The molecule has 0 radical (unpaired) electrons. The molecule has 1 rings (SSSR count). The van der Waals surface area contributed by atoms with Crippen LogP contribution in [0.25, 0.3) is 0 Å². The van der Waals surface area contributed by atoms with Crippen molar-refractivity contribution in [3.63, 3.8) is 0 Å². The molecular formula is C20H30N2O6. The van der Waals surface area contributed by atoms with Crippen molar-refractivity contribution in [1.29, 1.82) is 0 Å². The van der Waals surface area contributed by atoms with Crippen molar-refractivity contribution < 1.29 is 29.3 Å². The van der Waals surface area contributed by atoms with E-state index in [1.54, 1.807) is 0 Å². The molecule has 1 aromatic rings. The van der Waals surface area contributed by atoms with Gasteiger partial charge >= 0.3 is 11.9 Å². The summed E-state index contributed by atoms with van der Waals surface area (Å²) in [4.78, 5) is 36.0. The van der Waals surface area contributed by atoms with Crippen LogP contribution in [0.3, 0.4) is 0 Å². The van der Waals surface area contributed by atoms with E-state index in [1.165, 1.54) is 7.11 Å². The van der Waals surface area contributed by atoms with Gasteiger partial charge in [0, 0.05) is 19.6 Å². The number of hydrogen-bond acceptors (Lipinski definition) is 6. The Kier molecular flexibility index (Phi) is 9.61. The minimum absolute atomic E-state index is 0.00797. The number of esters is 1. The molecule has 4 N–H and O–H groups in total. The fraction of sp³-hybridized carbons (Fsp3) is 0.550. The largest absolute Gasteiger partial charge is 0.481 e. The van der Waals surface area contributed by atoms with Crippen molar-refractivity contribution >= 4 is 17.8 Å². The second-order valence-electron chi connectivity index (χ2n) is 7.44. The average molecular weight is 394 g/mol. The molecule has 8 nitrogen and oxygen atoms in total. The fourth-order valence-corrected chi connectivity index (χ4v) is 2.68. The van der Waals surface area contributed by atoms with Crippen molar-refractivity contribution in [1.82, 2.24) is 10.6 Å². The molecule has 0 saturated heterocycles. The van der Waals surface area contributed by atoms with Gasteiger partial charge in [0.1, 0.15) is 6.04 Å². The molecular weight excluding hydrogens is 364 g/mol. The molecule has 0 fully saturated rings. The topological polar surface area (TPSA) is 125 Å². The van der Waals surface area contributed by atoms with E-state index in [2.05, 4.69) is 10.6 Å². The lowest BCUT2D eigenvalue weighted by Crippen LogP contribution is -2.53. The van der Waals surface area contributed by atoms with Gasteiger partial charge in [-0.15, -0.1) is 0 Å². The van der Waals surface area contributed by atoms with Gasteiger partial charge in [-0.3, -0.25) is 9.59 Å². The van der Waals surface area contributed by atoms with Gasteiger partial charge in [0.2, 0.25) is 5.91 Å². The Balaban J connectivity index is 2.85. The number of carbonyl (C=O) groups is 3. The number of aliphatic hydroxyl groups excluding tert-OH is 1. The number of benzene rings is 1. The summed E-state index contributed by atoms with van der Waals surface area (Å²) in [5.74, 6) is -2.33. The highest BCUT2D eigenvalue weighted by atomic mass is 16.5. The zero-order valence-electron chi connectivity index (χ0n) is 16.6. The number of amides is 1. The van der Waals surface area contributed by atoms with Gasteiger partial charge in [0.15, 0.2) is 0 Å². The lowest BCUT2D eigenvalue weighted by molar-refractivity contribution is -0.145. The Labute approximate surface area is 165 Å². The maximum atomic E-state index is 12.7. The van der Waals surface area contributed by atoms with Crippen LogP contribution in [0, 0.1) is 5.41 Å². The highest BCUT2D eigenvalue weighted by Gasteiger charge is 2.29. The average Bonchev–Trinajstić information content (AvgIpc) is 2.64. The molecule has 156 valence electrons. The summed E-state index contributed by atoms with van der Waals surface area (Å²) in [7, 11) is 1.23. The molecule has 2 atom stereocenters. The molecule has 8 heteroatoms. The van der Waals surface area contributed by atoms with Gasteiger partial charge in [-0.2, -0.15) is 0 Å². The Morgan fingerprint density at radius 2 is 1.79 bits per heavy atom. The summed E-state index contributed by atoms with van der Waals surface area (Å²) < 4.78 is 4.77. The summed E-state index contributed by atoms with van der Waals surface area (Å²) >= 11 is 0. The van der Waals surface area contributed by atoms with Crippen LogP contribution in [-0.2, 0) is 25.5 Å². The second-order valence-corrected chi connectivity index (χ2v) is 7.44. The van der Waals surface area contributed by atoms with E-state index in [1.807, 2.05) is 44.2 Å². The molecule has 1 amide bonds. The predicted molar refractivity (Wildman–Crippen MR) is 104 cm³/mol. The highest BCUT2D eigenvalue weighted by Crippen LogP contribution is 2.18. The summed E-state index contributed by atoms with van der Waals surface area (Å²) in [6.45, 7) is 4.13. The van der Waals surface area contributed by atoms with Crippen LogP contribution in [0.15, 0.2) is 30.3 Å². The van der Waals surface area contributed by atoms with E-state index < -0.39 is 36.4 Å². The highest BCUT2D eigenvalue weighted by molar-refractivity contribution is 5.90. The maximum Gasteiger partial charge on any atom is 0.328 e. The first-order valence-corrected chi connectivity index (χ1v) is 9.16. The van der Waals surface area contributed by atoms with Crippen LogP contribution in [-0.4, -0.2) is 60.4 Å². The van der Waals surface area contributed by atoms with Gasteiger partial charge in [0.05, 0.1) is 19.6 Å². The Bertz CT molecular complexity index is 647. The molecule has 2 unspecified atom stereocenters. The second kappa shape index (κ2) is 11.4. The lowest BCUT2D eigenvalue weighted by atomic mass is 9.89. The zero-order chi connectivity index (χ0) is 21.2. The first kappa shape index (κ1) is 23.6. The third-order valence-corrected chi connectivity index (χ3v) is 4.40. The number of carbonyl (C=O) groups excluding carboxylic acids is 2. The van der Waals surface area contributed by atoms with Crippen molar-refractivity contribution in [2.75, 3.05) is 20.3 Å². The summed E-state index contributed by atoms with van der Waals surface area (Å²) in [6, 6.07) is 7.20. The first-order valence-electron chi connectivity index (χ1n) is 9.16. The van der Waals surface area contributed by atoms with Gasteiger partial charge in [-0.25, -0.2) is 4.79 Å². The van der Waals surface area contributed by atoms with Crippen LogP contribution in [0.1, 0.15) is 32.3 Å². The zero-order valence-corrected chi connectivity index (χ0v) is 16.6. The summed E-state index contributed by atoms with van der Waals surface area (Å²) in [5, 5.41) is 23.8. The third-order valence-electron chi connectivity index (χ3n) is 4.40. The van der Waals surface area contributed by atoms with Crippen molar-refractivity contribution in [3.05, 3.63) is 35.9 Å². The van der Waals surface area contributed by atoms with Crippen LogP contribution >= 0.6 is 0 Å². The van der Waals surface area contributed by atoms with Crippen LogP contribution in [0.5, 0.6) is 0 Å². The quantitative estimate of drug-likeness (QED) is 0.385. The number of nitrogens with one attached hydrogen (secondary N) is 2. The van der Waals surface area contributed by atoms with Gasteiger partial charge in [-0.1, -0.05) is 44.2 Å². The lowest BCUT2D eigenvalue weighted by Gasteiger charge is -2.27. The van der Waals surface area contributed by atoms with Gasteiger partial charge in [-0.05, 0) is 17.4 Å². The molecule has 0 spiro atoms. The Morgan fingerprint density at radius 1 is 1.14 bits per heavy atom. The standard InChI is InChI=1S/C20H30N2O6/c1-20(2,9-10-23)13-21-15(12-17(24)25)18(26)22-16(19(27)28-3)11-14-7-5-4-6-8-14/h4-8,15-16,21,23H,9-13H2,1-3H3,(H,22,26)(H,24,25). The van der Waals surface area contributed by atoms with Crippen LogP contribution in [0.4, 0.5) is 0 Å². The first-order chi connectivity index (χ1) is 13.2. The number of methoxy groups -OCH3 is 1. The fourth-order valence-electron chi connectivity index (χ4n) is 2.68. The monoisotopic (exact) mass is 394 g/mol. The number of aliphatic hydroxyl groups is 1. The molecule has 1 aromatic carbocycles. The van der Waals surface area contributed by atoms with Crippen LogP contribution < -0.4 is 10.6 Å². The molecule has 0 aliphatic rings. The smallest absolute Gasteiger partial charge is 0.328 e. The number of carboxylic acid groups (broad SMARTS) is 1. The van der Waals surface area contributed by atoms with Crippen LogP contribution in [0.2, 0.25) is 0 Å². The molecule has 0 bridgehead atoms. The molecule has 0 aromatic heterocycles. The minimum atomic E-state index is -1.13. The Hall–Kier alpha value is -2.45. The van der Waals surface area contributed by atoms with E-state index in [-0.39, 0.29) is 18.4 Å². The minimum Gasteiger partial charge on any atom is -0.481 e. The van der Waals surface area contributed by atoms with Crippen molar-refractivity contribution in [2.24, 2.45) is 5.41 Å². The van der Waals surface area contributed by atoms with E-state index in [0.29, 0.717) is 13.0 Å². The number of aliphatic carboxylic acids is 1. The Morgan fingerprint density at radius 3 is 2.32 bits per heavy atom. The molecule has 28 heavy (non-hydrogen) atoms. The third kappa shape index (κ3) is 8.49. The molecule has 0 saturated carbocycles. The van der Waals surface area contributed by atoms with E-state index >= 15 is 0 Å².